The summed E-state index contributed by atoms with van der Waals surface area (Å²) in [4.78, 5) is 8.66. The van der Waals surface area contributed by atoms with E-state index in [1.165, 1.54) is 6.26 Å². The highest BCUT2D eigenvalue weighted by Gasteiger charge is 2.38. The van der Waals surface area contributed by atoms with E-state index >= 15 is 0 Å². The van der Waals surface area contributed by atoms with E-state index in [4.69, 9.17) is 16.3 Å². The number of hydrogen-bond acceptors (Lipinski definition) is 6. The van der Waals surface area contributed by atoms with Crippen LogP contribution >= 0.6 is 11.6 Å². The number of pyridine rings is 2. The third-order valence-electron chi connectivity index (χ3n) is 5.26. The van der Waals surface area contributed by atoms with Crippen molar-refractivity contribution < 1.29 is 17.4 Å². The summed E-state index contributed by atoms with van der Waals surface area (Å²) in [6.07, 6.45) is 5.99. The van der Waals surface area contributed by atoms with Gasteiger partial charge in [0.1, 0.15) is 11.3 Å². The summed E-state index contributed by atoms with van der Waals surface area (Å²) in [6, 6.07) is 1.57. The van der Waals surface area contributed by atoms with Crippen LogP contribution < -0.4 is 9.46 Å². The molecule has 0 bridgehead atoms. The predicted molar refractivity (Wildman–Crippen MR) is 121 cm³/mol. The minimum Gasteiger partial charge on any atom is -0.474 e. The van der Waals surface area contributed by atoms with Crippen molar-refractivity contribution >= 4 is 43.2 Å². The first kappa shape index (κ1) is 23.4. The van der Waals surface area contributed by atoms with E-state index in [2.05, 4.69) is 14.7 Å². The van der Waals surface area contributed by atoms with E-state index in [0.717, 1.165) is 10.9 Å². The topological polar surface area (TPSA) is 98.2 Å². The Hall–Kier alpha value is -1.29. The van der Waals surface area contributed by atoms with Gasteiger partial charge in [0, 0.05) is 37.5 Å². The normalized spacial score (nSPS) is 21.8. The molecule has 30 heavy (non-hydrogen) atoms. The van der Waals surface area contributed by atoms with Crippen LogP contribution in [0, 0.1) is 0 Å². The smallest absolute Gasteiger partial charge is 0.223 e. The van der Waals surface area contributed by atoms with Crippen LogP contribution in [0.3, 0.4) is 0 Å². The molecule has 0 radical (unpaired) electrons. The summed E-state index contributed by atoms with van der Waals surface area (Å²) in [5.74, 6) is 0.404. The minimum atomic E-state index is -3.05. The fourth-order valence-corrected chi connectivity index (χ4v) is 5.46. The van der Waals surface area contributed by atoms with Crippen LogP contribution in [0.1, 0.15) is 58.6 Å². The maximum atomic E-state index is 12.6. The van der Waals surface area contributed by atoms with Gasteiger partial charge in [0.15, 0.2) is 9.84 Å². The number of halogens is 1. The van der Waals surface area contributed by atoms with Crippen LogP contribution in [0.15, 0.2) is 18.5 Å². The average Bonchev–Trinajstić information content (AvgIpc) is 2.60. The van der Waals surface area contributed by atoms with Crippen LogP contribution in [0.2, 0.25) is 5.15 Å². The molecule has 1 saturated carbocycles. The monoisotopic (exact) mass is 473 g/mol. The molecule has 0 spiro atoms. The van der Waals surface area contributed by atoms with Crippen molar-refractivity contribution in [2.45, 2.75) is 69.1 Å². The lowest BCUT2D eigenvalue weighted by Gasteiger charge is -2.34. The van der Waals surface area contributed by atoms with Crippen LogP contribution in [-0.4, -0.2) is 45.0 Å². The van der Waals surface area contributed by atoms with Gasteiger partial charge in [0.25, 0.3) is 0 Å². The van der Waals surface area contributed by atoms with Crippen LogP contribution in [0.25, 0.3) is 10.8 Å². The van der Waals surface area contributed by atoms with Crippen molar-refractivity contribution in [3.05, 3.63) is 29.2 Å². The second-order valence-electron chi connectivity index (χ2n) is 8.69. The highest BCUT2D eigenvalue weighted by molar-refractivity contribution is 7.91. The highest BCUT2D eigenvalue weighted by atomic mass is 35.5. The van der Waals surface area contributed by atoms with Gasteiger partial charge in [-0.15, -0.1) is 0 Å². The Bertz CT molecular complexity index is 1060. The largest absolute Gasteiger partial charge is 0.474 e. The van der Waals surface area contributed by atoms with E-state index < -0.39 is 25.6 Å². The van der Waals surface area contributed by atoms with Crippen molar-refractivity contribution in [1.82, 2.24) is 14.7 Å². The van der Waals surface area contributed by atoms with Crippen LogP contribution in [0.5, 0.6) is 5.88 Å². The van der Waals surface area contributed by atoms with Crippen molar-refractivity contribution in [3.63, 3.8) is 0 Å². The van der Waals surface area contributed by atoms with Gasteiger partial charge < -0.3 is 4.74 Å². The summed E-state index contributed by atoms with van der Waals surface area (Å²) in [7, 11) is -4.30. The first-order valence-corrected chi connectivity index (χ1v) is 13.4. The first-order chi connectivity index (χ1) is 13.9. The maximum Gasteiger partial charge on any atom is 0.223 e. The number of hydrogen-bond donors (Lipinski definition) is 1. The molecule has 2 atom stereocenters. The molecule has 2 aromatic heterocycles. The molecule has 10 heteroatoms. The fraction of sp³-hybridized carbons (Fsp3) is 0.600. The molecule has 1 fully saturated rings. The van der Waals surface area contributed by atoms with Gasteiger partial charge in [-0.1, -0.05) is 18.5 Å². The predicted octanol–water partition coefficient (Wildman–Crippen LogP) is 3.74. The van der Waals surface area contributed by atoms with Crippen LogP contribution in [0.4, 0.5) is 0 Å². The molecule has 0 aromatic carbocycles. The molecule has 1 aliphatic carbocycles. The van der Waals surface area contributed by atoms with Crippen molar-refractivity contribution in [2.75, 3.05) is 6.26 Å². The third kappa shape index (κ3) is 5.12. The Labute approximate surface area is 185 Å². The molecule has 1 aliphatic rings. The molecule has 0 saturated heterocycles. The number of nitrogens with zero attached hydrogens (tertiary/aromatic N) is 2. The Morgan fingerprint density at radius 3 is 2.50 bits per heavy atom. The van der Waals surface area contributed by atoms with E-state index in [1.807, 2.05) is 27.7 Å². The molecular formula is C20H28ClN3O4S2. The first-order valence-electron chi connectivity index (χ1n) is 9.88. The molecule has 3 rings (SSSR count). The molecule has 2 heterocycles. The van der Waals surface area contributed by atoms with Gasteiger partial charge >= 0.3 is 0 Å². The fourth-order valence-electron chi connectivity index (χ4n) is 3.27. The van der Waals surface area contributed by atoms with E-state index in [9.17, 15) is 12.6 Å². The molecule has 0 aliphatic heterocycles. The summed E-state index contributed by atoms with van der Waals surface area (Å²) in [5.41, 5.74) is 0.865. The van der Waals surface area contributed by atoms with Gasteiger partial charge in [0.05, 0.1) is 26.4 Å². The molecule has 0 amide bonds. The molecular weight excluding hydrogens is 446 g/mol. The highest BCUT2D eigenvalue weighted by Crippen LogP contribution is 2.36. The Kier molecular flexibility index (Phi) is 6.77. The number of ether oxygens (including phenoxy) is 1. The van der Waals surface area contributed by atoms with Crippen molar-refractivity contribution in [2.24, 2.45) is 0 Å². The standard InChI is InChI=1S/C20H28ClN3O4S2/c1-6-17(24-29(25)20(2,3)4)15-10-23-19(16-11-22-18(21)9-14(15)16)28-12-7-13(8-12)30(5,26)27/h9-13,17,24H,6-8H2,1-5H3/t12?,13?,17-,29?/m0/s1. The second kappa shape index (κ2) is 8.68. The molecule has 1 N–H and O–H groups in total. The molecule has 7 nitrogen and oxygen atoms in total. The van der Waals surface area contributed by atoms with Crippen LogP contribution in [-0.2, 0) is 20.8 Å². The molecule has 2 aromatic rings. The number of fused-ring (bicyclic) bond motifs is 1. The zero-order valence-electron chi connectivity index (χ0n) is 17.8. The Balaban J connectivity index is 1.91. The lowest BCUT2D eigenvalue weighted by Crippen LogP contribution is -2.42. The minimum absolute atomic E-state index is 0.189. The number of aromatic nitrogens is 2. The zero-order valence-corrected chi connectivity index (χ0v) is 20.2. The second-order valence-corrected chi connectivity index (χ2v) is 13.4. The number of nitrogens with one attached hydrogen (secondary N) is 1. The van der Waals surface area contributed by atoms with Crippen molar-refractivity contribution in [1.29, 1.82) is 0 Å². The molecule has 1 unspecified atom stereocenters. The molecule has 166 valence electrons. The Morgan fingerprint density at radius 2 is 1.93 bits per heavy atom. The van der Waals surface area contributed by atoms with Gasteiger partial charge in [-0.3, -0.25) is 0 Å². The lowest BCUT2D eigenvalue weighted by molar-refractivity contribution is 0.119. The van der Waals surface area contributed by atoms with Gasteiger partial charge in [-0.2, -0.15) is 0 Å². The maximum absolute atomic E-state index is 12.6. The summed E-state index contributed by atoms with van der Waals surface area (Å²) in [5, 5.41) is 1.50. The van der Waals surface area contributed by atoms with Gasteiger partial charge in [0.2, 0.25) is 5.88 Å². The third-order valence-corrected chi connectivity index (χ3v) is 8.67. The summed E-state index contributed by atoms with van der Waals surface area (Å²) < 4.78 is 44.7. The number of sulfone groups is 1. The van der Waals surface area contributed by atoms with E-state index in [-0.39, 0.29) is 17.4 Å². The lowest BCUT2D eigenvalue weighted by atomic mass is 9.95. The Morgan fingerprint density at radius 1 is 1.27 bits per heavy atom. The van der Waals surface area contributed by atoms with E-state index in [0.29, 0.717) is 35.7 Å². The number of rotatable bonds is 7. The SMILES string of the molecule is CC[C@H](NS(=O)C(C)(C)C)c1cnc(OC2CC(S(C)(=O)=O)C2)c2cnc(Cl)cc12. The zero-order chi connectivity index (χ0) is 22.3. The summed E-state index contributed by atoms with van der Waals surface area (Å²) >= 11 is 6.16. The van der Waals surface area contributed by atoms with Crippen molar-refractivity contribution in [3.8, 4) is 5.88 Å². The van der Waals surface area contributed by atoms with Gasteiger partial charge in [-0.05, 0) is 44.2 Å². The van der Waals surface area contributed by atoms with Gasteiger partial charge in [-0.25, -0.2) is 27.3 Å². The van der Waals surface area contributed by atoms with E-state index in [1.54, 1.807) is 18.5 Å². The average molecular weight is 474 g/mol. The summed E-state index contributed by atoms with van der Waals surface area (Å²) in [6.45, 7) is 7.76. The quantitative estimate of drug-likeness (QED) is 0.615.